The van der Waals surface area contributed by atoms with E-state index in [0.717, 1.165) is 34.4 Å². The molecule has 0 aromatic carbocycles. The van der Waals surface area contributed by atoms with E-state index in [1.54, 1.807) is 59.9 Å². The number of guanidine groups is 2. The summed E-state index contributed by atoms with van der Waals surface area (Å²) in [6, 6.07) is 7.43. The molecule has 0 spiro atoms. The summed E-state index contributed by atoms with van der Waals surface area (Å²) in [5, 5.41) is 24.7. The maximum Gasteiger partial charge on any atom is 0.233 e. The second kappa shape index (κ2) is 17.2. The summed E-state index contributed by atoms with van der Waals surface area (Å²) in [6.07, 6.45) is 4.13. The third-order valence-corrected chi connectivity index (χ3v) is 7.23. The first-order chi connectivity index (χ1) is 18.0. The van der Waals surface area contributed by atoms with E-state index >= 15 is 0 Å². The Morgan fingerprint density at radius 3 is 1.62 bits per heavy atom. The van der Waals surface area contributed by atoms with Crippen molar-refractivity contribution in [1.82, 2.24) is 19.8 Å². The van der Waals surface area contributed by atoms with Gasteiger partial charge in [-0.1, -0.05) is 10.3 Å². The van der Waals surface area contributed by atoms with Gasteiger partial charge in [-0.25, -0.2) is 0 Å². The third kappa shape index (κ3) is 10.3. The lowest BCUT2D eigenvalue weighted by atomic mass is 10.3. The zero-order valence-corrected chi connectivity index (χ0v) is 22.8. The lowest BCUT2D eigenvalue weighted by Crippen LogP contribution is -2.43. The van der Waals surface area contributed by atoms with E-state index in [1.807, 2.05) is 24.3 Å². The Hall–Kier alpha value is -3.26. The minimum atomic E-state index is 0.0474. The summed E-state index contributed by atoms with van der Waals surface area (Å²) >= 11 is 3.36. The molecule has 2 rings (SSSR count). The standard InChI is InChI=1S/C23H36N8O4S2/c1-34-20-6-3-8-26-18(20)16-36-14-12-30(22(24)28-32)10-5-11-31(23(25)29-33)13-15-37-17-19-21(35-2)7-4-9-27-19/h3-4,6-9,32-33H,5,10-17H2,1-2H3,(H2,24,28)(H2,25,29). The minimum Gasteiger partial charge on any atom is -0.495 e. The number of thioether (sulfide) groups is 2. The van der Waals surface area contributed by atoms with E-state index in [9.17, 15) is 10.4 Å². The molecule has 0 unspecified atom stereocenters. The number of hydrogen-bond donors (Lipinski definition) is 4. The molecule has 0 bridgehead atoms. The van der Waals surface area contributed by atoms with Gasteiger partial charge in [-0.15, -0.1) is 0 Å². The lowest BCUT2D eigenvalue weighted by molar-refractivity contribution is 0.288. The number of rotatable bonds is 16. The van der Waals surface area contributed by atoms with Crippen LogP contribution in [-0.4, -0.2) is 94.0 Å². The predicted molar refractivity (Wildman–Crippen MR) is 148 cm³/mol. The number of hydrogen-bond acceptors (Lipinski definition) is 10. The third-order valence-electron chi connectivity index (χ3n) is 5.33. The molecule has 0 saturated carbocycles. The average Bonchev–Trinajstić information content (AvgIpc) is 2.94. The molecule has 0 radical (unpaired) electrons. The highest BCUT2D eigenvalue weighted by molar-refractivity contribution is 7.98. The quantitative estimate of drug-likeness (QED) is 0.0787. The zero-order chi connectivity index (χ0) is 26.9. The number of methoxy groups -OCH3 is 2. The highest BCUT2D eigenvalue weighted by Crippen LogP contribution is 2.21. The molecule has 2 aromatic heterocycles. The number of oxime groups is 2. The SMILES string of the molecule is COc1cccnc1CSCCN(CCCN(CCSCc1ncccc1OC)C(N)=NO)C(N)=NO. The highest BCUT2D eigenvalue weighted by Gasteiger charge is 2.13. The molecule has 14 heteroatoms. The fraction of sp³-hybridized carbons (Fsp3) is 0.478. The molecule has 0 aliphatic rings. The van der Waals surface area contributed by atoms with E-state index in [4.69, 9.17) is 20.9 Å². The van der Waals surface area contributed by atoms with Crippen LogP contribution >= 0.6 is 23.5 Å². The molecule has 2 heterocycles. The van der Waals surface area contributed by atoms with Crippen LogP contribution in [0.25, 0.3) is 0 Å². The minimum absolute atomic E-state index is 0.0474. The lowest BCUT2D eigenvalue weighted by Gasteiger charge is -2.26. The summed E-state index contributed by atoms with van der Waals surface area (Å²) in [5.41, 5.74) is 13.5. The van der Waals surface area contributed by atoms with E-state index in [-0.39, 0.29) is 11.9 Å². The van der Waals surface area contributed by atoms with Crippen LogP contribution in [0.4, 0.5) is 0 Å². The zero-order valence-electron chi connectivity index (χ0n) is 21.2. The van der Waals surface area contributed by atoms with Gasteiger partial charge in [0.2, 0.25) is 11.9 Å². The van der Waals surface area contributed by atoms with Gasteiger partial charge in [-0.2, -0.15) is 23.5 Å². The van der Waals surface area contributed by atoms with Crippen molar-refractivity contribution in [2.24, 2.45) is 21.8 Å². The van der Waals surface area contributed by atoms with Crippen molar-refractivity contribution in [3.63, 3.8) is 0 Å². The van der Waals surface area contributed by atoms with Crippen molar-refractivity contribution in [2.75, 3.05) is 51.9 Å². The molecular formula is C23H36N8O4S2. The Labute approximate surface area is 226 Å². The fourth-order valence-corrected chi connectivity index (χ4v) is 5.19. The number of pyridine rings is 2. The van der Waals surface area contributed by atoms with Crippen LogP contribution in [0.1, 0.15) is 17.8 Å². The Kier molecular flexibility index (Phi) is 14.0. The van der Waals surface area contributed by atoms with E-state index < -0.39 is 0 Å². The van der Waals surface area contributed by atoms with Crippen molar-refractivity contribution in [3.8, 4) is 11.5 Å². The molecule has 0 amide bonds. The molecule has 37 heavy (non-hydrogen) atoms. The Bertz CT molecular complexity index is 921. The summed E-state index contributed by atoms with van der Waals surface area (Å²) in [4.78, 5) is 12.3. The average molecular weight is 553 g/mol. The van der Waals surface area contributed by atoms with Crippen molar-refractivity contribution in [1.29, 1.82) is 0 Å². The van der Waals surface area contributed by atoms with Crippen LogP contribution in [-0.2, 0) is 11.5 Å². The van der Waals surface area contributed by atoms with Crippen molar-refractivity contribution >= 4 is 35.4 Å². The number of nitrogens with two attached hydrogens (primary N) is 2. The second-order valence-electron chi connectivity index (χ2n) is 7.65. The fourth-order valence-electron chi connectivity index (χ4n) is 3.38. The normalized spacial score (nSPS) is 11.8. The molecule has 204 valence electrons. The van der Waals surface area contributed by atoms with E-state index in [2.05, 4.69) is 20.3 Å². The van der Waals surface area contributed by atoms with Crippen LogP contribution < -0.4 is 20.9 Å². The Balaban J connectivity index is 1.79. The molecule has 0 aliphatic carbocycles. The number of ether oxygens (including phenoxy) is 2. The smallest absolute Gasteiger partial charge is 0.233 e. The van der Waals surface area contributed by atoms with Crippen molar-refractivity contribution in [3.05, 3.63) is 48.0 Å². The van der Waals surface area contributed by atoms with E-state index in [0.29, 0.717) is 44.1 Å². The van der Waals surface area contributed by atoms with E-state index in [1.165, 1.54) is 0 Å². The van der Waals surface area contributed by atoms with Gasteiger partial charge in [0, 0.05) is 61.6 Å². The molecular weight excluding hydrogens is 516 g/mol. The summed E-state index contributed by atoms with van der Waals surface area (Å²) in [5.74, 6) is 4.46. The summed E-state index contributed by atoms with van der Waals surface area (Å²) < 4.78 is 10.7. The van der Waals surface area contributed by atoms with Crippen LogP contribution in [0.3, 0.4) is 0 Å². The molecule has 0 fully saturated rings. The van der Waals surface area contributed by atoms with Crippen LogP contribution in [0.15, 0.2) is 47.0 Å². The first-order valence-corrected chi connectivity index (χ1v) is 13.9. The van der Waals surface area contributed by atoms with Gasteiger partial charge in [0.15, 0.2) is 0 Å². The van der Waals surface area contributed by atoms with Gasteiger partial charge in [-0.05, 0) is 30.7 Å². The van der Waals surface area contributed by atoms with Crippen molar-refractivity contribution < 1.29 is 19.9 Å². The summed E-state index contributed by atoms with van der Waals surface area (Å²) in [7, 11) is 3.25. The molecule has 2 aromatic rings. The molecule has 0 atom stereocenters. The van der Waals surface area contributed by atoms with Gasteiger partial charge in [0.05, 0.1) is 25.6 Å². The molecule has 0 aliphatic heterocycles. The van der Waals surface area contributed by atoms with Crippen LogP contribution in [0, 0.1) is 0 Å². The van der Waals surface area contributed by atoms with Gasteiger partial charge >= 0.3 is 0 Å². The predicted octanol–water partition coefficient (Wildman–Crippen LogP) is 2.06. The van der Waals surface area contributed by atoms with Crippen LogP contribution in [0.5, 0.6) is 11.5 Å². The largest absolute Gasteiger partial charge is 0.495 e. The maximum absolute atomic E-state index is 9.21. The monoisotopic (exact) mass is 552 g/mol. The molecule has 0 saturated heterocycles. The van der Waals surface area contributed by atoms with Crippen LogP contribution in [0.2, 0.25) is 0 Å². The molecule has 12 nitrogen and oxygen atoms in total. The molecule has 6 N–H and O–H groups in total. The first-order valence-electron chi connectivity index (χ1n) is 11.6. The summed E-state index contributed by atoms with van der Waals surface area (Å²) in [6.45, 7) is 2.25. The number of nitrogens with zero attached hydrogens (tertiary/aromatic N) is 6. The first kappa shape index (κ1) is 30.0. The topological polar surface area (TPSA) is 168 Å². The maximum atomic E-state index is 9.21. The van der Waals surface area contributed by atoms with Gasteiger partial charge in [0.1, 0.15) is 11.5 Å². The van der Waals surface area contributed by atoms with Gasteiger partial charge in [0.25, 0.3) is 0 Å². The number of aromatic nitrogens is 2. The van der Waals surface area contributed by atoms with Gasteiger partial charge < -0.3 is 41.2 Å². The highest BCUT2D eigenvalue weighted by atomic mass is 32.2. The second-order valence-corrected chi connectivity index (χ2v) is 9.86. The Morgan fingerprint density at radius 2 is 1.24 bits per heavy atom. The Morgan fingerprint density at radius 1 is 0.811 bits per heavy atom. The van der Waals surface area contributed by atoms with Crippen molar-refractivity contribution in [2.45, 2.75) is 17.9 Å². The van der Waals surface area contributed by atoms with Gasteiger partial charge in [-0.3, -0.25) is 9.97 Å².